The van der Waals surface area contributed by atoms with E-state index in [1.807, 2.05) is 0 Å². The van der Waals surface area contributed by atoms with Gasteiger partial charge in [-0.3, -0.25) is 0 Å². The summed E-state index contributed by atoms with van der Waals surface area (Å²) in [5.74, 6) is -0.658. The van der Waals surface area contributed by atoms with Crippen LogP contribution in [-0.4, -0.2) is 50.6 Å². The second kappa shape index (κ2) is 6.38. The van der Waals surface area contributed by atoms with Gasteiger partial charge in [0, 0.05) is 5.41 Å². The highest BCUT2D eigenvalue weighted by Crippen LogP contribution is 2.35. The minimum absolute atomic E-state index is 0.0381. The third kappa shape index (κ3) is 3.44. The van der Waals surface area contributed by atoms with Crippen molar-refractivity contribution in [1.82, 2.24) is 0 Å². The highest BCUT2D eigenvalue weighted by Gasteiger charge is 2.45. The first-order chi connectivity index (χ1) is 10.7. The highest BCUT2D eigenvalue weighted by atomic mass is 32.2. The Morgan fingerprint density at radius 1 is 1.26 bits per heavy atom. The molecule has 6 nitrogen and oxygen atoms in total. The van der Waals surface area contributed by atoms with E-state index in [1.165, 1.54) is 49.4 Å². The number of hydrogen-bond acceptors (Lipinski definition) is 5. The zero-order valence-electron chi connectivity index (χ0n) is 13.0. The lowest BCUT2D eigenvalue weighted by molar-refractivity contribution is -0.762. The number of carboxylic acids is 1. The molecule has 0 saturated carbocycles. The van der Waals surface area contributed by atoms with Gasteiger partial charge in [0.2, 0.25) is 15.9 Å². The van der Waals surface area contributed by atoms with E-state index >= 15 is 0 Å². The summed E-state index contributed by atoms with van der Waals surface area (Å²) in [5.41, 5.74) is 0. The molecule has 0 fully saturated rings. The van der Waals surface area contributed by atoms with E-state index in [0.29, 0.717) is 5.75 Å². The number of carbonyl (C=O) groups is 1. The first kappa shape index (κ1) is 17.6. The molecule has 8 heteroatoms. The summed E-state index contributed by atoms with van der Waals surface area (Å²) in [5, 5.41) is 11.3. The summed E-state index contributed by atoms with van der Waals surface area (Å²) >= 11 is 1.24. The summed E-state index contributed by atoms with van der Waals surface area (Å²) in [6.45, 7) is 0. The second-order valence-electron chi connectivity index (χ2n) is 5.36. The predicted octanol–water partition coefficient (Wildman–Crippen LogP) is 2.06. The summed E-state index contributed by atoms with van der Waals surface area (Å²) in [6.07, 6.45) is 2.92. The van der Waals surface area contributed by atoms with Crippen LogP contribution in [0.4, 0.5) is 0 Å². The van der Waals surface area contributed by atoms with Crippen molar-refractivity contribution >= 4 is 27.8 Å². The predicted molar refractivity (Wildman–Crippen MR) is 88.5 cm³/mol. The van der Waals surface area contributed by atoms with Crippen LogP contribution < -0.4 is 4.74 Å². The standard InChI is InChI=1S/C15H17NO5S2/c1-16(2)14(15(17)18)13(5-4-10-22-16)23(19,20)12-8-6-11(21-3)7-9-12/h4-10,14H,1-3H3/p+1. The Balaban J connectivity index is 2.56. The Bertz CT molecular complexity index is 764. The topological polar surface area (TPSA) is 80.7 Å². The molecule has 1 aliphatic heterocycles. The zero-order valence-corrected chi connectivity index (χ0v) is 14.6. The van der Waals surface area contributed by atoms with Crippen LogP contribution >= 0.6 is 11.9 Å². The monoisotopic (exact) mass is 356 g/mol. The van der Waals surface area contributed by atoms with Gasteiger partial charge in [0.25, 0.3) is 0 Å². The molecule has 0 amide bonds. The first-order valence-corrected chi connectivity index (χ1v) is 9.03. The summed E-state index contributed by atoms with van der Waals surface area (Å²) < 4.78 is 30.8. The van der Waals surface area contributed by atoms with E-state index in [0.717, 1.165) is 0 Å². The maximum Gasteiger partial charge on any atom is 0.369 e. The number of nitrogens with zero attached hydrogens (tertiary/aromatic N) is 1. The third-order valence-corrected chi connectivity index (χ3v) is 6.38. The molecule has 0 aliphatic carbocycles. The second-order valence-corrected chi connectivity index (χ2v) is 8.73. The van der Waals surface area contributed by atoms with Crippen LogP contribution in [0.3, 0.4) is 0 Å². The smallest absolute Gasteiger partial charge is 0.369 e. The molecule has 1 unspecified atom stereocenters. The number of hydrogen-bond donors (Lipinski definition) is 1. The lowest BCUT2D eigenvalue weighted by Gasteiger charge is -2.31. The molecule has 1 aromatic carbocycles. The van der Waals surface area contributed by atoms with Gasteiger partial charge < -0.3 is 9.84 Å². The number of carboxylic acid groups (broad SMARTS) is 1. The zero-order chi connectivity index (χ0) is 17.3. The van der Waals surface area contributed by atoms with E-state index in [-0.39, 0.29) is 13.7 Å². The number of allylic oxidation sites excluding steroid dienone is 2. The summed E-state index contributed by atoms with van der Waals surface area (Å²) in [7, 11) is 0.881. The van der Waals surface area contributed by atoms with Gasteiger partial charge in [0.1, 0.15) is 22.6 Å². The normalized spacial score (nSPS) is 20.5. The molecule has 1 heterocycles. The quantitative estimate of drug-likeness (QED) is 0.657. The van der Waals surface area contributed by atoms with Gasteiger partial charge in [0.15, 0.2) is 0 Å². The molecule has 0 radical (unpaired) electrons. The number of likely N-dealkylation sites (N-methyl/N-ethyl adjacent to an activating group) is 1. The minimum atomic E-state index is -3.93. The lowest BCUT2D eigenvalue weighted by Crippen LogP contribution is -2.49. The Kier molecular flexibility index (Phi) is 4.88. The number of methoxy groups -OCH3 is 1. The van der Waals surface area contributed by atoms with Gasteiger partial charge in [-0.15, -0.1) is 0 Å². The average molecular weight is 356 g/mol. The SMILES string of the molecule is COc1ccc(S(=O)(=O)C2=CC=CS[N+](C)(C)C2C(=O)O)cc1. The fourth-order valence-electron chi connectivity index (χ4n) is 2.30. The summed E-state index contributed by atoms with van der Waals surface area (Å²) in [4.78, 5) is 11.6. The molecule has 1 aliphatic rings. The largest absolute Gasteiger partial charge is 0.497 e. The van der Waals surface area contributed by atoms with Gasteiger partial charge in [0.05, 0.1) is 26.1 Å². The Hall–Kier alpha value is -1.77. The molecule has 0 saturated heterocycles. The van der Waals surface area contributed by atoms with Gasteiger partial charge in [-0.2, -0.15) is 0 Å². The third-order valence-electron chi connectivity index (χ3n) is 3.48. The van der Waals surface area contributed by atoms with Crippen LogP contribution in [0.1, 0.15) is 0 Å². The molecule has 23 heavy (non-hydrogen) atoms. The Morgan fingerprint density at radius 3 is 2.39 bits per heavy atom. The molecule has 2 rings (SSSR count). The van der Waals surface area contributed by atoms with Gasteiger partial charge >= 0.3 is 5.97 Å². The number of rotatable bonds is 4. The van der Waals surface area contributed by atoms with Crippen molar-refractivity contribution in [2.75, 3.05) is 21.2 Å². The molecule has 0 aromatic heterocycles. The van der Waals surface area contributed by atoms with Gasteiger partial charge in [-0.05, 0) is 36.4 Å². The van der Waals surface area contributed by atoms with Gasteiger partial charge in [-0.25, -0.2) is 17.1 Å². The van der Waals surface area contributed by atoms with Crippen molar-refractivity contribution in [2.24, 2.45) is 0 Å². The number of aliphatic carboxylic acids is 1. The van der Waals surface area contributed by atoms with Crippen LogP contribution in [0.2, 0.25) is 0 Å². The molecule has 124 valence electrons. The van der Waals surface area contributed by atoms with Crippen LogP contribution in [0.5, 0.6) is 5.75 Å². The number of ether oxygens (including phenoxy) is 1. The fraction of sp³-hybridized carbons (Fsp3) is 0.267. The maximum absolute atomic E-state index is 12.9. The molecule has 1 atom stereocenters. The van der Waals surface area contributed by atoms with Crippen molar-refractivity contribution in [3.8, 4) is 5.75 Å². The van der Waals surface area contributed by atoms with Crippen molar-refractivity contribution in [3.05, 3.63) is 46.7 Å². The van der Waals surface area contributed by atoms with Crippen molar-refractivity contribution in [1.29, 1.82) is 0 Å². The summed E-state index contributed by atoms with van der Waals surface area (Å²) in [6, 6.07) is 4.68. The van der Waals surface area contributed by atoms with E-state index in [4.69, 9.17) is 4.74 Å². The Labute approximate surface area is 139 Å². The molecular formula is C15H18NO5S2+. The van der Waals surface area contributed by atoms with Crippen LogP contribution in [0.25, 0.3) is 0 Å². The molecule has 1 N–H and O–H groups in total. The van der Waals surface area contributed by atoms with Crippen molar-refractivity contribution in [3.63, 3.8) is 0 Å². The van der Waals surface area contributed by atoms with E-state index < -0.39 is 21.8 Å². The minimum Gasteiger partial charge on any atom is -0.497 e. The Morgan fingerprint density at radius 2 is 1.87 bits per heavy atom. The van der Waals surface area contributed by atoms with E-state index in [9.17, 15) is 18.3 Å². The van der Waals surface area contributed by atoms with Crippen LogP contribution in [0, 0.1) is 0 Å². The lowest BCUT2D eigenvalue weighted by atomic mass is 10.2. The molecule has 0 bridgehead atoms. The number of quaternary nitrogens is 1. The fourth-order valence-corrected chi connectivity index (χ4v) is 4.84. The van der Waals surface area contributed by atoms with Crippen molar-refractivity contribution in [2.45, 2.75) is 10.9 Å². The van der Waals surface area contributed by atoms with Crippen LogP contribution in [-0.2, 0) is 14.6 Å². The maximum atomic E-state index is 12.9. The number of benzene rings is 1. The highest BCUT2D eigenvalue weighted by molar-refractivity contribution is 7.97. The van der Waals surface area contributed by atoms with E-state index in [1.54, 1.807) is 25.6 Å². The molecular weight excluding hydrogens is 338 g/mol. The van der Waals surface area contributed by atoms with Gasteiger partial charge in [-0.1, -0.05) is 0 Å². The number of sulfone groups is 1. The van der Waals surface area contributed by atoms with Crippen LogP contribution in [0.15, 0.2) is 51.6 Å². The first-order valence-electron chi connectivity index (χ1n) is 6.71. The average Bonchev–Trinajstić information content (AvgIpc) is 2.65. The molecule has 0 spiro atoms. The van der Waals surface area contributed by atoms with E-state index in [2.05, 4.69) is 0 Å². The molecule has 1 aromatic rings. The van der Waals surface area contributed by atoms with Crippen molar-refractivity contribution < 1.29 is 26.9 Å².